The lowest BCUT2D eigenvalue weighted by molar-refractivity contribution is 0.626. The largest absolute Gasteiger partial charge is 0.240 e. The average Bonchev–Trinajstić information content (AvgIpc) is 2.64. The van der Waals surface area contributed by atoms with Crippen LogP contribution in [0, 0.1) is 5.82 Å². The molecule has 4 rings (SSSR count). The molecule has 1 nitrogen and oxygen atoms in total. The zero-order chi connectivity index (χ0) is 17.2. The summed E-state index contributed by atoms with van der Waals surface area (Å²) >= 11 is 7.55. The van der Waals surface area contributed by atoms with E-state index in [1.807, 2.05) is 48.5 Å². The van der Waals surface area contributed by atoms with Crippen LogP contribution in [-0.2, 0) is 0 Å². The smallest absolute Gasteiger partial charge is 0.123 e. The van der Waals surface area contributed by atoms with Gasteiger partial charge in [-0.3, -0.25) is 0 Å². The van der Waals surface area contributed by atoms with E-state index in [1.54, 1.807) is 12.1 Å². The third-order valence-corrected chi connectivity index (χ3v) is 5.14. The van der Waals surface area contributed by atoms with Gasteiger partial charge in [0.1, 0.15) is 10.8 Å². The standard InChI is InChI=1S/C21H13ClFNS/c22-16-7-5-14(6-8-16)19-13-15-3-1-2-4-20(15)24-21(19)25-18-11-9-17(23)10-12-18/h1-13H. The van der Waals surface area contributed by atoms with Crippen LogP contribution in [0.25, 0.3) is 22.0 Å². The molecule has 0 saturated carbocycles. The molecule has 0 aliphatic rings. The van der Waals surface area contributed by atoms with Crippen LogP contribution in [0.5, 0.6) is 0 Å². The summed E-state index contributed by atoms with van der Waals surface area (Å²) in [6.07, 6.45) is 0. The highest BCUT2D eigenvalue weighted by atomic mass is 35.5. The Bertz CT molecular complexity index is 1030. The second-order valence-electron chi connectivity index (χ2n) is 5.60. The van der Waals surface area contributed by atoms with Crippen molar-refractivity contribution in [3.05, 3.63) is 89.7 Å². The number of nitrogens with zero attached hydrogens (tertiary/aromatic N) is 1. The van der Waals surface area contributed by atoms with Crippen molar-refractivity contribution in [2.45, 2.75) is 9.92 Å². The number of aromatic nitrogens is 1. The summed E-state index contributed by atoms with van der Waals surface area (Å²) in [7, 11) is 0. The van der Waals surface area contributed by atoms with Gasteiger partial charge in [-0.2, -0.15) is 0 Å². The van der Waals surface area contributed by atoms with Gasteiger partial charge in [0.05, 0.1) is 5.52 Å². The molecule has 0 atom stereocenters. The number of halogens is 2. The van der Waals surface area contributed by atoms with Gasteiger partial charge in [-0.05, 0) is 54.1 Å². The third-order valence-electron chi connectivity index (χ3n) is 3.87. The van der Waals surface area contributed by atoms with E-state index in [-0.39, 0.29) is 5.82 Å². The van der Waals surface area contributed by atoms with E-state index in [0.717, 1.165) is 32.0 Å². The maximum atomic E-state index is 13.2. The molecule has 4 aromatic rings. The van der Waals surface area contributed by atoms with Crippen molar-refractivity contribution in [1.82, 2.24) is 4.98 Å². The normalized spacial score (nSPS) is 11.0. The Morgan fingerprint density at radius 2 is 1.56 bits per heavy atom. The van der Waals surface area contributed by atoms with Crippen molar-refractivity contribution in [2.24, 2.45) is 0 Å². The second kappa shape index (κ2) is 6.87. The van der Waals surface area contributed by atoms with Crippen molar-refractivity contribution in [3.63, 3.8) is 0 Å². The molecule has 0 radical (unpaired) electrons. The van der Waals surface area contributed by atoms with E-state index in [9.17, 15) is 4.39 Å². The predicted molar refractivity (Wildman–Crippen MR) is 103 cm³/mol. The SMILES string of the molecule is Fc1ccc(Sc2nc3ccccc3cc2-c2ccc(Cl)cc2)cc1. The number of para-hydroxylation sites is 1. The maximum absolute atomic E-state index is 13.2. The average molecular weight is 366 g/mol. The molecule has 4 heteroatoms. The molecule has 0 unspecified atom stereocenters. The van der Waals surface area contributed by atoms with E-state index in [2.05, 4.69) is 6.07 Å². The Morgan fingerprint density at radius 1 is 0.840 bits per heavy atom. The van der Waals surface area contributed by atoms with E-state index in [0.29, 0.717) is 5.02 Å². The van der Waals surface area contributed by atoms with E-state index in [4.69, 9.17) is 16.6 Å². The van der Waals surface area contributed by atoms with Crippen molar-refractivity contribution < 1.29 is 4.39 Å². The first-order valence-electron chi connectivity index (χ1n) is 7.78. The van der Waals surface area contributed by atoms with Crippen LogP contribution in [0.4, 0.5) is 4.39 Å². The van der Waals surface area contributed by atoms with Crippen molar-refractivity contribution >= 4 is 34.3 Å². The molecule has 0 fully saturated rings. The van der Waals surface area contributed by atoms with Crippen molar-refractivity contribution in [2.75, 3.05) is 0 Å². The van der Waals surface area contributed by atoms with E-state index < -0.39 is 0 Å². The van der Waals surface area contributed by atoms with Crippen LogP contribution < -0.4 is 0 Å². The molecule has 122 valence electrons. The Balaban J connectivity index is 1.86. The second-order valence-corrected chi connectivity index (χ2v) is 7.10. The van der Waals surface area contributed by atoms with Crippen LogP contribution in [-0.4, -0.2) is 4.98 Å². The molecule has 0 saturated heterocycles. The van der Waals surface area contributed by atoms with Gasteiger partial charge in [0.15, 0.2) is 0 Å². The van der Waals surface area contributed by atoms with Crippen LogP contribution in [0.2, 0.25) is 5.02 Å². The summed E-state index contributed by atoms with van der Waals surface area (Å²) in [5.74, 6) is -0.242. The first kappa shape index (κ1) is 16.1. The summed E-state index contributed by atoms with van der Waals surface area (Å²) in [5, 5.41) is 2.66. The lowest BCUT2D eigenvalue weighted by atomic mass is 10.1. The fraction of sp³-hybridized carbons (Fsp3) is 0. The highest BCUT2D eigenvalue weighted by molar-refractivity contribution is 7.99. The molecule has 0 N–H and O–H groups in total. The minimum atomic E-state index is -0.242. The van der Waals surface area contributed by atoms with Gasteiger partial charge in [0, 0.05) is 20.9 Å². The minimum absolute atomic E-state index is 0.242. The number of hydrogen-bond donors (Lipinski definition) is 0. The molecular formula is C21H13ClFNS. The molecule has 3 aromatic carbocycles. The Kier molecular flexibility index (Phi) is 4.43. The van der Waals surface area contributed by atoms with Crippen LogP contribution in [0.3, 0.4) is 0 Å². The summed E-state index contributed by atoms with van der Waals surface area (Å²) in [6.45, 7) is 0. The number of rotatable bonds is 3. The summed E-state index contributed by atoms with van der Waals surface area (Å²) in [6, 6.07) is 24.3. The maximum Gasteiger partial charge on any atom is 0.123 e. The molecule has 25 heavy (non-hydrogen) atoms. The van der Waals surface area contributed by atoms with Gasteiger partial charge in [-0.25, -0.2) is 9.37 Å². The molecule has 0 amide bonds. The van der Waals surface area contributed by atoms with Gasteiger partial charge in [-0.15, -0.1) is 0 Å². The zero-order valence-corrected chi connectivity index (χ0v) is 14.7. The van der Waals surface area contributed by atoms with Gasteiger partial charge >= 0.3 is 0 Å². The van der Waals surface area contributed by atoms with Gasteiger partial charge < -0.3 is 0 Å². The quantitative estimate of drug-likeness (QED) is 0.394. The lowest BCUT2D eigenvalue weighted by Gasteiger charge is -2.11. The Morgan fingerprint density at radius 3 is 2.32 bits per heavy atom. The number of hydrogen-bond acceptors (Lipinski definition) is 2. The molecule has 0 bridgehead atoms. The minimum Gasteiger partial charge on any atom is -0.240 e. The topological polar surface area (TPSA) is 12.9 Å². The summed E-state index contributed by atoms with van der Waals surface area (Å²) < 4.78 is 13.2. The van der Waals surface area contributed by atoms with Crippen LogP contribution in [0.15, 0.2) is 88.8 Å². The van der Waals surface area contributed by atoms with Gasteiger partial charge in [0.2, 0.25) is 0 Å². The number of pyridine rings is 1. The highest BCUT2D eigenvalue weighted by Gasteiger charge is 2.11. The molecule has 1 heterocycles. The summed E-state index contributed by atoms with van der Waals surface area (Å²) in [5.41, 5.74) is 3.02. The molecule has 0 spiro atoms. The predicted octanol–water partition coefficient (Wildman–Crippen LogP) is 6.85. The molecule has 1 aromatic heterocycles. The fourth-order valence-electron chi connectivity index (χ4n) is 2.63. The first-order chi connectivity index (χ1) is 12.2. The van der Waals surface area contributed by atoms with Crippen LogP contribution >= 0.6 is 23.4 Å². The van der Waals surface area contributed by atoms with Crippen molar-refractivity contribution in [1.29, 1.82) is 0 Å². The van der Waals surface area contributed by atoms with Gasteiger partial charge in [0.25, 0.3) is 0 Å². The Hall–Kier alpha value is -2.36. The summed E-state index contributed by atoms with van der Waals surface area (Å²) in [4.78, 5) is 5.77. The van der Waals surface area contributed by atoms with Gasteiger partial charge in [-0.1, -0.05) is 53.7 Å². The number of benzene rings is 3. The van der Waals surface area contributed by atoms with E-state index in [1.165, 1.54) is 23.9 Å². The van der Waals surface area contributed by atoms with E-state index >= 15 is 0 Å². The highest BCUT2D eigenvalue weighted by Crippen LogP contribution is 2.37. The number of fused-ring (bicyclic) bond motifs is 1. The lowest BCUT2D eigenvalue weighted by Crippen LogP contribution is -1.89. The molecule has 0 aliphatic carbocycles. The first-order valence-corrected chi connectivity index (χ1v) is 8.98. The monoisotopic (exact) mass is 365 g/mol. The molecular weight excluding hydrogens is 353 g/mol. The van der Waals surface area contributed by atoms with Crippen molar-refractivity contribution in [3.8, 4) is 11.1 Å². The van der Waals surface area contributed by atoms with Crippen LogP contribution in [0.1, 0.15) is 0 Å². The fourth-order valence-corrected chi connectivity index (χ4v) is 3.68. The molecule has 0 aliphatic heterocycles. The zero-order valence-electron chi connectivity index (χ0n) is 13.1. The third kappa shape index (κ3) is 3.53. The Labute approximate surface area is 154 Å².